The molecule has 2 aliphatic carbocycles. The monoisotopic (exact) mass is 475 g/mol. The third-order valence-corrected chi connectivity index (χ3v) is 7.44. The lowest BCUT2D eigenvalue weighted by atomic mass is 9.78. The van der Waals surface area contributed by atoms with E-state index in [2.05, 4.69) is 11.4 Å². The van der Waals surface area contributed by atoms with Crippen molar-refractivity contribution in [3.8, 4) is 0 Å². The van der Waals surface area contributed by atoms with Gasteiger partial charge in [0.2, 0.25) is 0 Å². The molecule has 0 saturated heterocycles. The smallest absolute Gasteiger partial charge is 0.337 e. The van der Waals surface area contributed by atoms with Crippen molar-refractivity contribution in [3.05, 3.63) is 105 Å². The van der Waals surface area contributed by atoms with Crippen molar-refractivity contribution >= 4 is 11.9 Å². The van der Waals surface area contributed by atoms with Crippen LogP contribution in [0.2, 0.25) is 0 Å². The number of carbonyl (C=O) groups excluding carboxylic acids is 2. The highest BCUT2D eigenvalue weighted by atomic mass is 19.1. The lowest BCUT2D eigenvalue weighted by molar-refractivity contribution is 0.0600. The summed E-state index contributed by atoms with van der Waals surface area (Å²) in [6, 6.07) is 14.8. The molecule has 3 aromatic carbocycles. The van der Waals surface area contributed by atoms with Crippen LogP contribution in [0.4, 0.5) is 8.78 Å². The first-order chi connectivity index (χ1) is 16.8. The third-order valence-electron chi connectivity index (χ3n) is 7.44. The molecule has 1 atom stereocenters. The summed E-state index contributed by atoms with van der Waals surface area (Å²) in [6.45, 7) is 1.89. The van der Waals surface area contributed by atoms with Gasteiger partial charge in [0.15, 0.2) is 0 Å². The van der Waals surface area contributed by atoms with E-state index < -0.39 is 17.6 Å². The average Bonchev–Trinajstić information content (AvgIpc) is 3.64. The van der Waals surface area contributed by atoms with E-state index in [1.165, 1.54) is 13.2 Å². The molecule has 0 heterocycles. The fourth-order valence-corrected chi connectivity index (χ4v) is 5.32. The number of amides is 1. The molecule has 1 saturated carbocycles. The van der Waals surface area contributed by atoms with E-state index in [1.807, 2.05) is 19.1 Å². The first-order valence-electron chi connectivity index (χ1n) is 11.9. The van der Waals surface area contributed by atoms with Crippen molar-refractivity contribution in [2.45, 2.75) is 50.5 Å². The minimum Gasteiger partial charge on any atom is -0.465 e. The summed E-state index contributed by atoms with van der Waals surface area (Å²) in [5.74, 6) is -1.64. The Bertz CT molecular complexity index is 1310. The van der Waals surface area contributed by atoms with E-state index in [-0.39, 0.29) is 17.4 Å². The Morgan fingerprint density at radius 2 is 1.74 bits per heavy atom. The molecule has 0 bridgehead atoms. The fourth-order valence-electron chi connectivity index (χ4n) is 5.32. The van der Waals surface area contributed by atoms with E-state index in [1.54, 1.807) is 24.3 Å². The minimum atomic E-state index is -0.565. The van der Waals surface area contributed by atoms with Crippen LogP contribution in [0.3, 0.4) is 0 Å². The van der Waals surface area contributed by atoms with Crippen molar-refractivity contribution in [2.75, 3.05) is 7.11 Å². The lowest BCUT2D eigenvalue weighted by Gasteiger charge is -2.27. The quantitative estimate of drug-likeness (QED) is 0.499. The minimum absolute atomic E-state index is 0.187. The van der Waals surface area contributed by atoms with Crippen molar-refractivity contribution < 1.29 is 23.1 Å². The zero-order chi connectivity index (χ0) is 24.7. The summed E-state index contributed by atoms with van der Waals surface area (Å²) in [6.07, 6.45) is 3.38. The van der Waals surface area contributed by atoms with E-state index in [4.69, 9.17) is 4.74 Å². The fraction of sp³-hybridized carbons (Fsp3) is 0.310. The number of methoxy groups -OCH3 is 1. The van der Waals surface area contributed by atoms with Crippen LogP contribution in [0.1, 0.15) is 74.3 Å². The van der Waals surface area contributed by atoms with Gasteiger partial charge in [0.1, 0.15) is 11.6 Å². The standard InChI is InChI=1S/C29H27F2NO3/c1-17(18-6-8-19(9-7-18)28(34)35-2)32-27(33)23-4-3-5-25-22(23)11-10-20-14-21(30)15-26(31)24(20)16-29(25)12-13-29/h3-9,14-15,17H,10-13,16H2,1-2H3,(H,32,33)/t17-/m0/s1. The van der Waals surface area contributed by atoms with Crippen molar-refractivity contribution in [2.24, 2.45) is 0 Å². The molecule has 35 heavy (non-hydrogen) atoms. The van der Waals surface area contributed by atoms with Crippen LogP contribution in [0.25, 0.3) is 0 Å². The highest BCUT2D eigenvalue weighted by Gasteiger charge is 2.47. The third kappa shape index (κ3) is 4.33. The largest absolute Gasteiger partial charge is 0.465 e. The molecular weight excluding hydrogens is 448 g/mol. The first kappa shape index (κ1) is 23.2. The molecule has 0 aromatic heterocycles. The molecule has 180 valence electrons. The Morgan fingerprint density at radius 3 is 2.43 bits per heavy atom. The van der Waals surface area contributed by atoms with Crippen molar-refractivity contribution in [3.63, 3.8) is 0 Å². The van der Waals surface area contributed by atoms with Crippen LogP contribution in [0, 0.1) is 11.6 Å². The Morgan fingerprint density at radius 1 is 1.00 bits per heavy atom. The molecule has 1 amide bonds. The number of benzene rings is 3. The molecule has 4 nitrogen and oxygen atoms in total. The molecule has 5 rings (SSSR count). The van der Waals surface area contributed by atoms with Crippen LogP contribution in [-0.4, -0.2) is 19.0 Å². The number of fused-ring (bicyclic) bond motifs is 3. The number of halogens is 2. The van der Waals surface area contributed by atoms with Gasteiger partial charge in [-0.15, -0.1) is 0 Å². The van der Waals surface area contributed by atoms with Gasteiger partial charge in [0, 0.05) is 11.6 Å². The number of nitrogens with one attached hydrogen (secondary N) is 1. The molecule has 1 fully saturated rings. The van der Waals surface area contributed by atoms with Crippen LogP contribution in [0.15, 0.2) is 54.6 Å². The van der Waals surface area contributed by atoms with Gasteiger partial charge in [-0.2, -0.15) is 0 Å². The topological polar surface area (TPSA) is 55.4 Å². The van der Waals surface area contributed by atoms with Crippen LogP contribution in [-0.2, 0) is 29.4 Å². The predicted molar refractivity (Wildman–Crippen MR) is 128 cm³/mol. The summed E-state index contributed by atoms with van der Waals surface area (Å²) < 4.78 is 33.4. The van der Waals surface area contributed by atoms with Crippen LogP contribution < -0.4 is 5.32 Å². The Hall–Kier alpha value is -3.54. The van der Waals surface area contributed by atoms with Gasteiger partial charge >= 0.3 is 5.97 Å². The number of ether oxygens (including phenoxy) is 1. The highest BCUT2D eigenvalue weighted by Crippen LogP contribution is 2.53. The maximum atomic E-state index is 14.7. The predicted octanol–water partition coefficient (Wildman–Crippen LogP) is 5.62. The molecule has 2 aliphatic rings. The van der Waals surface area contributed by atoms with Gasteiger partial charge in [-0.3, -0.25) is 4.79 Å². The van der Waals surface area contributed by atoms with E-state index in [9.17, 15) is 18.4 Å². The average molecular weight is 476 g/mol. The molecule has 1 N–H and O–H groups in total. The first-order valence-corrected chi connectivity index (χ1v) is 11.9. The SMILES string of the molecule is COC(=O)c1ccc([C@H](C)NC(=O)c2cccc3c2CCc2cc(F)cc(F)c2CC32CC2)cc1. The second kappa shape index (κ2) is 8.91. The van der Waals surface area contributed by atoms with E-state index in [0.29, 0.717) is 41.5 Å². The zero-order valence-corrected chi connectivity index (χ0v) is 19.8. The summed E-state index contributed by atoms with van der Waals surface area (Å²) in [4.78, 5) is 25.1. The zero-order valence-electron chi connectivity index (χ0n) is 19.8. The molecule has 0 radical (unpaired) electrons. The van der Waals surface area contributed by atoms with E-state index >= 15 is 0 Å². The lowest BCUT2D eigenvalue weighted by Crippen LogP contribution is -2.29. The van der Waals surface area contributed by atoms with Crippen LogP contribution >= 0.6 is 0 Å². The number of hydrogen-bond donors (Lipinski definition) is 1. The number of rotatable bonds is 4. The van der Waals surface area contributed by atoms with Crippen molar-refractivity contribution in [1.82, 2.24) is 5.32 Å². The van der Waals surface area contributed by atoms with Gasteiger partial charge in [-0.05, 0) is 96.5 Å². The normalized spacial score (nSPS) is 16.3. The maximum Gasteiger partial charge on any atom is 0.337 e. The van der Waals surface area contributed by atoms with Gasteiger partial charge in [-0.1, -0.05) is 24.3 Å². The number of hydrogen-bond acceptors (Lipinski definition) is 3. The van der Waals surface area contributed by atoms with Gasteiger partial charge in [0.05, 0.1) is 18.7 Å². The number of carbonyl (C=O) groups is 2. The molecule has 0 aliphatic heterocycles. The van der Waals surface area contributed by atoms with Gasteiger partial charge < -0.3 is 10.1 Å². The summed E-state index contributed by atoms with van der Waals surface area (Å²) in [7, 11) is 1.33. The Labute approximate surface area is 203 Å². The molecule has 0 unspecified atom stereocenters. The Kier molecular flexibility index (Phi) is 5.91. The summed E-state index contributed by atoms with van der Waals surface area (Å²) in [5, 5.41) is 3.07. The van der Waals surface area contributed by atoms with Crippen LogP contribution in [0.5, 0.6) is 0 Å². The molecular formula is C29H27F2NO3. The summed E-state index contributed by atoms with van der Waals surface area (Å²) >= 11 is 0. The molecule has 1 spiro atoms. The van der Waals surface area contributed by atoms with Crippen molar-refractivity contribution in [1.29, 1.82) is 0 Å². The highest BCUT2D eigenvalue weighted by molar-refractivity contribution is 5.96. The van der Waals surface area contributed by atoms with Gasteiger partial charge in [0.25, 0.3) is 5.91 Å². The number of aryl methyl sites for hydroxylation is 1. The van der Waals surface area contributed by atoms with E-state index in [0.717, 1.165) is 35.6 Å². The number of esters is 1. The summed E-state index contributed by atoms with van der Waals surface area (Å²) in [5.41, 5.74) is 5.08. The van der Waals surface area contributed by atoms with Gasteiger partial charge in [-0.25, -0.2) is 13.6 Å². The Balaban J connectivity index is 1.42. The maximum absolute atomic E-state index is 14.7. The second-order valence-corrected chi connectivity index (χ2v) is 9.62. The molecule has 3 aromatic rings. The second-order valence-electron chi connectivity index (χ2n) is 9.62. The molecule has 6 heteroatoms.